The van der Waals surface area contributed by atoms with Gasteiger partial charge in [-0.05, 0) is 45.8 Å². The summed E-state index contributed by atoms with van der Waals surface area (Å²) in [5.74, 6) is 2.50. The number of thioether (sulfide) groups is 1. The van der Waals surface area contributed by atoms with Gasteiger partial charge in [0.25, 0.3) is 0 Å². The molecule has 0 saturated heterocycles. The Morgan fingerprint density at radius 3 is 2.79 bits per heavy atom. The largest absolute Gasteiger partial charge is 0.497 e. The second-order valence-electron chi connectivity index (χ2n) is 5.98. The van der Waals surface area contributed by atoms with E-state index in [0.717, 1.165) is 48.7 Å². The maximum absolute atomic E-state index is 5.37. The highest BCUT2D eigenvalue weighted by molar-refractivity contribution is 9.10. The number of ether oxygens (including phenoxy) is 2. The molecular formula is C20H17BrN2O2S3. The standard InChI is InChI=1S/C20H17BrN2O2S3/c1-24-14-4-6-18-16(9-14)23-20(28-18)27-11-13-10-26-19(22-13)8-12-3-5-15(21)17(7-12)25-2/h3-7,9-10H,8,11H2,1-2H3. The average Bonchev–Trinajstić information content (AvgIpc) is 3.33. The summed E-state index contributed by atoms with van der Waals surface area (Å²) in [6.45, 7) is 0. The van der Waals surface area contributed by atoms with Crippen molar-refractivity contribution in [2.75, 3.05) is 14.2 Å². The highest BCUT2D eigenvalue weighted by Crippen LogP contribution is 2.33. The number of benzene rings is 2. The third kappa shape index (κ3) is 4.51. The van der Waals surface area contributed by atoms with Gasteiger partial charge in [-0.15, -0.1) is 22.7 Å². The van der Waals surface area contributed by atoms with Gasteiger partial charge in [0, 0.05) is 23.6 Å². The van der Waals surface area contributed by atoms with Crippen LogP contribution in [-0.4, -0.2) is 24.2 Å². The number of nitrogens with zero attached hydrogens (tertiary/aromatic N) is 2. The zero-order valence-corrected chi connectivity index (χ0v) is 19.3. The van der Waals surface area contributed by atoms with Crippen LogP contribution in [0.4, 0.5) is 0 Å². The Morgan fingerprint density at radius 1 is 1.07 bits per heavy atom. The zero-order valence-electron chi connectivity index (χ0n) is 15.3. The second-order valence-corrected chi connectivity index (χ2v) is 10.0. The minimum Gasteiger partial charge on any atom is -0.497 e. The molecule has 0 bridgehead atoms. The second kappa shape index (κ2) is 8.82. The summed E-state index contributed by atoms with van der Waals surface area (Å²) in [6.07, 6.45) is 0.805. The molecule has 0 aliphatic heterocycles. The van der Waals surface area contributed by atoms with Gasteiger partial charge in [-0.3, -0.25) is 0 Å². The van der Waals surface area contributed by atoms with E-state index in [-0.39, 0.29) is 0 Å². The van der Waals surface area contributed by atoms with E-state index in [4.69, 9.17) is 19.4 Å². The van der Waals surface area contributed by atoms with Gasteiger partial charge in [0.1, 0.15) is 11.5 Å². The van der Waals surface area contributed by atoms with E-state index in [2.05, 4.69) is 39.5 Å². The summed E-state index contributed by atoms with van der Waals surface area (Å²) in [6, 6.07) is 12.2. The van der Waals surface area contributed by atoms with Gasteiger partial charge in [-0.2, -0.15) is 0 Å². The minimum atomic E-state index is 0.805. The molecule has 0 aliphatic carbocycles. The fourth-order valence-electron chi connectivity index (χ4n) is 2.70. The van der Waals surface area contributed by atoms with Crippen LogP contribution in [0.3, 0.4) is 0 Å². The van der Waals surface area contributed by atoms with Crippen molar-refractivity contribution < 1.29 is 9.47 Å². The molecule has 0 unspecified atom stereocenters. The Balaban J connectivity index is 1.41. The Kier molecular flexibility index (Phi) is 6.20. The third-order valence-electron chi connectivity index (χ3n) is 4.09. The van der Waals surface area contributed by atoms with Crippen LogP contribution in [0.25, 0.3) is 10.2 Å². The number of hydrogen-bond acceptors (Lipinski definition) is 7. The Bertz CT molecular complexity index is 1110. The molecule has 0 N–H and O–H groups in total. The Labute approximate surface area is 184 Å². The van der Waals surface area contributed by atoms with Gasteiger partial charge in [0.15, 0.2) is 4.34 Å². The van der Waals surface area contributed by atoms with Gasteiger partial charge < -0.3 is 9.47 Å². The molecule has 2 aromatic carbocycles. The Hall–Kier alpha value is -1.61. The number of fused-ring (bicyclic) bond motifs is 1. The maximum Gasteiger partial charge on any atom is 0.151 e. The van der Waals surface area contributed by atoms with Gasteiger partial charge in [-0.1, -0.05) is 17.8 Å². The number of halogens is 1. The van der Waals surface area contributed by atoms with Crippen LogP contribution in [-0.2, 0) is 12.2 Å². The number of rotatable bonds is 7. The van der Waals surface area contributed by atoms with Crippen LogP contribution in [0.15, 0.2) is 50.6 Å². The lowest BCUT2D eigenvalue weighted by atomic mass is 10.1. The summed E-state index contributed by atoms with van der Waals surface area (Å²) in [5, 5.41) is 3.24. The van der Waals surface area contributed by atoms with E-state index in [0.29, 0.717) is 0 Å². The predicted molar refractivity (Wildman–Crippen MR) is 121 cm³/mol. The van der Waals surface area contributed by atoms with E-state index < -0.39 is 0 Å². The van der Waals surface area contributed by atoms with E-state index in [1.54, 1.807) is 48.7 Å². The lowest BCUT2D eigenvalue weighted by Gasteiger charge is -2.05. The van der Waals surface area contributed by atoms with Gasteiger partial charge in [0.05, 0.1) is 39.6 Å². The molecule has 0 spiro atoms. The first-order chi connectivity index (χ1) is 13.6. The van der Waals surface area contributed by atoms with Crippen molar-refractivity contribution >= 4 is 60.6 Å². The highest BCUT2D eigenvalue weighted by atomic mass is 79.9. The maximum atomic E-state index is 5.37. The average molecular weight is 493 g/mol. The van der Waals surface area contributed by atoms with Crippen molar-refractivity contribution in [3.8, 4) is 11.5 Å². The van der Waals surface area contributed by atoms with Crippen LogP contribution in [0.5, 0.6) is 11.5 Å². The lowest BCUT2D eigenvalue weighted by Crippen LogP contribution is -1.91. The van der Waals surface area contributed by atoms with Crippen LogP contribution in [0.2, 0.25) is 0 Å². The first kappa shape index (κ1) is 19.7. The van der Waals surface area contributed by atoms with E-state index >= 15 is 0 Å². The summed E-state index contributed by atoms with van der Waals surface area (Å²) < 4.78 is 13.8. The molecule has 4 rings (SSSR count). The summed E-state index contributed by atoms with van der Waals surface area (Å²) in [4.78, 5) is 9.48. The first-order valence-corrected chi connectivity index (χ1v) is 11.9. The van der Waals surface area contributed by atoms with Gasteiger partial charge in [0.2, 0.25) is 0 Å². The SMILES string of the molecule is COc1ccc2sc(SCc3csc(Cc4ccc(Br)c(OC)c4)n3)nc2c1. The van der Waals surface area contributed by atoms with Gasteiger partial charge >= 0.3 is 0 Å². The molecule has 0 aliphatic rings. The molecule has 28 heavy (non-hydrogen) atoms. The molecule has 8 heteroatoms. The lowest BCUT2D eigenvalue weighted by molar-refractivity contribution is 0.411. The molecule has 2 aromatic heterocycles. The topological polar surface area (TPSA) is 44.2 Å². The van der Waals surface area contributed by atoms with E-state index in [1.807, 2.05) is 18.2 Å². The number of thiazole rings is 2. The molecule has 0 saturated carbocycles. The summed E-state index contributed by atoms with van der Waals surface area (Å²) in [5.41, 5.74) is 3.26. The van der Waals surface area contributed by atoms with Crippen LogP contribution < -0.4 is 9.47 Å². The van der Waals surface area contributed by atoms with Crippen LogP contribution in [0, 0.1) is 0 Å². The normalized spacial score (nSPS) is 11.1. The first-order valence-electron chi connectivity index (χ1n) is 8.47. The predicted octanol–water partition coefficient (Wildman–Crippen LogP) is 6.42. The smallest absolute Gasteiger partial charge is 0.151 e. The van der Waals surface area contributed by atoms with Crippen molar-refractivity contribution in [1.29, 1.82) is 0 Å². The molecule has 4 aromatic rings. The van der Waals surface area contributed by atoms with Crippen molar-refractivity contribution in [3.05, 3.63) is 62.5 Å². The monoisotopic (exact) mass is 492 g/mol. The summed E-state index contributed by atoms with van der Waals surface area (Å²) >= 11 is 8.62. The Morgan fingerprint density at radius 2 is 1.96 bits per heavy atom. The van der Waals surface area contributed by atoms with Crippen molar-refractivity contribution in [2.45, 2.75) is 16.5 Å². The van der Waals surface area contributed by atoms with Crippen molar-refractivity contribution in [3.63, 3.8) is 0 Å². The third-order valence-corrected chi connectivity index (χ3v) is 7.85. The zero-order chi connectivity index (χ0) is 19.5. The van der Waals surface area contributed by atoms with Crippen LogP contribution in [0.1, 0.15) is 16.3 Å². The number of aromatic nitrogens is 2. The minimum absolute atomic E-state index is 0.805. The van der Waals surface area contributed by atoms with E-state index in [1.165, 1.54) is 10.3 Å². The molecule has 0 atom stereocenters. The number of hydrogen-bond donors (Lipinski definition) is 0. The molecule has 144 valence electrons. The van der Waals surface area contributed by atoms with Crippen LogP contribution >= 0.6 is 50.4 Å². The van der Waals surface area contributed by atoms with Gasteiger partial charge in [-0.25, -0.2) is 9.97 Å². The fourth-order valence-corrected chi connectivity index (χ4v) is 5.98. The van der Waals surface area contributed by atoms with E-state index in [9.17, 15) is 0 Å². The molecule has 0 fully saturated rings. The van der Waals surface area contributed by atoms with Crippen molar-refractivity contribution in [2.24, 2.45) is 0 Å². The number of methoxy groups -OCH3 is 2. The highest BCUT2D eigenvalue weighted by Gasteiger charge is 2.09. The molecule has 4 nitrogen and oxygen atoms in total. The molecular weight excluding hydrogens is 476 g/mol. The molecule has 2 heterocycles. The van der Waals surface area contributed by atoms with Crippen molar-refractivity contribution in [1.82, 2.24) is 9.97 Å². The molecule has 0 amide bonds. The quantitative estimate of drug-likeness (QED) is 0.278. The summed E-state index contributed by atoms with van der Waals surface area (Å²) in [7, 11) is 3.36. The fraction of sp³-hybridized carbons (Fsp3) is 0.200. The molecule has 0 radical (unpaired) electrons.